The van der Waals surface area contributed by atoms with Crippen molar-refractivity contribution in [2.45, 2.75) is 33.1 Å². The van der Waals surface area contributed by atoms with E-state index in [-0.39, 0.29) is 11.8 Å². The second-order valence-corrected chi connectivity index (χ2v) is 6.32. The number of aryl methyl sites for hydroxylation is 1. The van der Waals surface area contributed by atoms with Gasteiger partial charge >= 0.3 is 6.03 Å². The van der Waals surface area contributed by atoms with Crippen molar-refractivity contribution < 1.29 is 9.18 Å². The number of nitrogens with zero attached hydrogens (tertiary/aromatic N) is 1. The van der Waals surface area contributed by atoms with E-state index in [0.717, 1.165) is 10.7 Å². The summed E-state index contributed by atoms with van der Waals surface area (Å²) < 4.78 is 13.2. The summed E-state index contributed by atoms with van der Waals surface area (Å²) in [5.74, 6) is 0.146. The van der Waals surface area contributed by atoms with Gasteiger partial charge in [-0.05, 0) is 30.7 Å². The number of amides is 2. The lowest BCUT2D eigenvalue weighted by Gasteiger charge is -2.08. The summed E-state index contributed by atoms with van der Waals surface area (Å²) in [6.07, 6.45) is 0.694. The highest BCUT2D eigenvalue weighted by Crippen LogP contribution is 2.19. The Kier molecular flexibility index (Phi) is 5.49. The molecule has 1 aromatic heterocycles. The largest absolute Gasteiger partial charge is 0.337 e. The summed E-state index contributed by atoms with van der Waals surface area (Å²) in [6.45, 7) is 6.39. The van der Waals surface area contributed by atoms with Crippen LogP contribution < -0.4 is 10.6 Å². The van der Waals surface area contributed by atoms with Crippen LogP contribution in [0.3, 0.4) is 0 Å². The minimum absolute atomic E-state index is 0.282. The molecular weight excluding hydrogens is 301 g/mol. The van der Waals surface area contributed by atoms with E-state index in [2.05, 4.69) is 29.5 Å². The van der Waals surface area contributed by atoms with Crippen LogP contribution >= 0.6 is 11.3 Å². The maximum absolute atomic E-state index is 13.2. The third-order valence-corrected chi connectivity index (χ3v) is 4.34. The van der Waals surface area contributed by atoms with E-state index in [4.69, 9.17) is 0 Å². The van der Waals surface area contributed by atoms with Gasteiger partial charge in [0.15, 0.2) is 0 Å². The van der Waals surface area contributed by atoms with Crippen molar-refractivity contribution in [2.75, 3.05) is 11.9 Å². The van der Waals surface area contributed by atoms with Crippen LogP contribution in [0.5, 0.6) is 0 Å². The first-order valence-corrected chi connectivity index (χ1v) is 8.09. The number of rotatable bonds is 5. The number of anilines is 1. The SMILES string of the molecule is Cc1cc(NC(=O)NCCc2csc(C(C)C)n2)ccc1F. The molecule has 1 aromatic carbocycles. The standard InChI is InChI=1S/C16H20FN3OS/c1-10(2)15-19-13(9-22-15)6-7-18-16(21)20-12-4-5-14(17)11(3)8-12/h4-5,8-10H,6-7H2,1-3H3,(H2,18,20,21). The highest BCUT2D eigenvalue weighted by molar-refractivity contribution is 7.09. The van der Waals surface area contributed by atoms with Crippen LogP contribution in [0.25, 0.3) is 0 Å². The minimum atomic E-state index is -0.301. The molecule has 0 atom stereocenters. The number of benzene rings is 1. The van der Waals surface area contributed by atoms with Crippen LogP contribution in [0.15, 0.2) is 23.6 Å². The van der Waals surface area contributed by atoms with Crippen LogP contribution in [0.2, 0.25) is 0 Å². The van der Waals surface area contributed by atoms with Crippen molar-refractivity contribution in [2.24, 2.45) is 0 Å². The van der Waals surface area contributed by atoms with Crippen molar-refractivity contribution in [1.29, 1.82) is 0 Å². The molecule has 0 saturated heterocycles. The number of hydrogen-bond donors (Lipinski definition) is 2. The average Bonchev–Trinajstić information content (AvgIpc) is 2.92. The highest BCUT2D eigenvalue weighted by atomic mass is 32.1. The number of halogens is 1. The second kappa shape index (κ2) is 7.35. The number of thiazole rings is 1. The predicted molar refractivity (Wildman–Crippen MR) is 88.1 cm³/mol. The second-order valence-electron chi connectivity index (χ2n) is 5.43. The molecule has 0 saturated carbocycles. The van der Waals surface area contributed by atoms with Gasteiger partial charge in [0.05, 0.1) is 10.7 Å². The van der Waals surface area contributed by atoms with Crippen molar-refractivity contribution >= 4 is 23.1 Å². The molecule has 0 fully saturated rings. The highest BCUT2D eigenvalue weighted by Gasteiger charge is 2.07. The lowest BCUT2D eigenvalue weighted by atomic mass is 10.2. The molecule has 0 unspecified atom stereocenters. The number of carbonyl (C=O) groups excluding carboxylic acids is 1. The Morgan fingerprint density at radius 3 is 2.82 bits per heavy atom. The lowest BCUT2D eigenvalue weighted by Crippen LogP contribution is -2.30. The summed E-state index contributed by atoms with van der Waals surface area (Å²) in [6, 6.07) is 4.18. The number of carbonyl (C=O) groups is 1. The number of urea groups is 1. The summed E-state index contributed by atoms with van der Waals surface area (Å²) in [5.41, 5.74) is 2.07. The van der Waals surface area contributed by atoms with Gasteiger partial charge in [0.1, 0.15) is 5.82 Å². The summed E-state index contributed by atoms with van der Waals surface area (Å²) >= 11 is 1.65. The van der Waals surface area contributed by atoms with Crippen LogP contribution in [-0.2, 0) is 6.42 Å². The minimum Gasteiger partial charge on any atom is -0.337 e. The smallest absolute Gasteiger partial charge is 0.319 e. The molecule has 118 valence electrons. The predicted octanol–water partition coefficient (Wildman–Crippen LogP) is 4.08. The van der Waals surface area contributed by atoms with Gasteiger partial charge < -0.3 is 10.6 Å². The molecule has 0 bridgehead atoms. The van der Waals surface area contributed by atoms with Gasteiger partial charge in [0.2, 0.25) is 0 Å². The molecule has 0 aliphatic carbocycles. The third kappa shape index (κ3) is 4.53. The molecule has 0 aliphatic heterocycles. The fourth-order valence-electron chi connectivity index (χ4n) is 1.90. The number of hydrogen-bond acceptors (Lipinski definition) is 3. The van der Waals surface area contributed by atoms with Crippen LogP contribution in [0.4, 0.5) is 14.9 Å². The first-order valence-electron chi connectivity index (χ1n) is 7.21. The Labute approximate surface area is 133 Å². The molecule has 0 aliphatic rings. The van der Waals surface area contributed by atoms with Gasteiger partial charge in [-0.1, -0.05) is 13.8 Å². The van der Waals surface area contributed by atoms with Gasteiger partial charge in [-0.15, -0.1) is 11.3 Å². The van der Waals surface area contributed by atoms with E-state index < -0.39 is 0 Å². The Bertz CT molecular complexity index is 655. The van der Waals surface area contributed by atoms with Gasteiger partial charge in [-0.3, -0.25) is 0 Å². The van der Waals surface area contributed by atoms with Crippen molar-refractivity contribution in [3.63, 3.8) is 0 Å². The molecular formula is C16H20FN3OS. The first kappa shape index (κ1) is 16.4. The Morgan fingerprint density at radius 2 is 2.18 bits per heavy atom. The zero-order valence-electron chi connectivity index (χ0n) is 12.9. The first-order chi connectivity index (χ1) is 10.5. The molecule has 0 spiro atoms. The quantitative estimate of drug-likeness (QED) is 0.872. The monoisotopic (exact) mass is 321 g/mol. The average molecular weight is 321 g/mol. The zero-order valence-corrected chi connectivity index (χ0v) is 13.8. The zero-order chi connectivity index (χ0) is 16.1. The van der Waals surface area contributed by atoms with E-state index in [1.54, 1.807) is 24.3 Å². The van der Waals surface area contributed by atoms with Gasteiger partial charge in [-0.2, -0.15) is 0 Å². The molecule has 2 N–H and O–H groups in total. The van der Waals surface area contributed by atoms with Crippen molar-refractivity contribution in [3.05, 3.63) is 45.7 Å². The molecule has 6 heteroatoms. The molecule has 2 amide bonds. The molecule has 4 nitrogen and oxygen atoms in total. The topological polar surface area (TPSA) is 54.0 Å². The molecule has 0 radical (unpaired) electrons. The van der Waals surface area contributed by atoms with E-state index in [1.807, 2.05) is 5.38 Å². The van der Waals surface area contributed by atoms with Crippen LogP contribution in [0, 0.1) is 12.7 Å². The van der Waals surface area contributed by atoms with Crippen molar-refractivity contribution in [1.82, 2.24) is 10.3 Å². The van der Waals surface area contributed by atoms with Crippen LogP contribution in [-0.4, -0.2) is 17.6 Å². The number of nitrogens with one attached hydrogen (secondary N) is 2. The van der Waals surface area contributed by atoms with E-state index in [1.165, 1.54) is 12.1 Å². The molecule has 2 rings (SSSR count). The van der Waals surface area contributed by atoms with Crippen molar-refractivity contribution in [3.8, 4) is 0 Å². The van der Waals surface area contributed by atoms with E-state index >= 15 is 0 Å². The molecule has 1 heterocycles. The van der Waals surface area contributed by atoms with Gasteiger partial charge in [0.25, 0.3) is 0 Å². The maximum atomic E-state index is 13.2. The van der Waals surface area contributed by atoms with Crippen LogP contribution in [0.1, 0.15) is 36.0 Å². The maximum Gasteiger partial charge on any atom is 0.319 e. The Balaban J connectivity index is 1.78. The number of aromatic nitrogens is 1. The van der Waals surface area contributed by atoms with Gasteiger partial charge in [0, 0.05) is 30.0 Å². The third-order valence-electron chi connectivity index (χ3n) is 3.15. The molecule has 2 aromatic rings. The van der Waals surface area contributed by atoms with E-state index in [0.29, 0.717) is 30.1 Å². The fourth-order valence-corrected chi connectivity index (χ4v) is 2.77. The van der Waals surface area contributed by atoms with E-state index in [9.17, 15) is 9.18 Å². The fraction of sp³-hybridized carbons (Fsp3) is 0.375. The Hall–Kier alpha value is -1.95. The molecule has 22 heavy (non-hydrogen) atoms. The summed E-state index contributed by atoms with van der Waals surface area (Å²) in [7, 11) is 0. The van der Waals surface area contributed by atoms with Gasteiger partial charge in [-0.25, -0.2) is 14.2 Å². The normalized spacial score (nSPS) is 10.8. The Morgan fingerprint density at radius 1 is 1.41 bits per heavy atom. The summed E-state index contributed by atoms with van der Waals surface area (Å²) in [4.78, 5) is 16.3. The lowest BCUT2D eigenvalue weighted by molar-refractivity contribution is 0.252. The summed E-state index contributed by atoms with van der Waals surface area (Å²) in [5, 5.41) is 8.60.